The van der Waals surface area contributed by atoms with Crippen LogP contribution in [0.15, 0.2) is 12.1 Å². The van der Waals surface area contributed by atoms with Crippen molar-refractivity contribution in [3.8, 4) is 5.75 Å². The molecule has 0 amide bonds. The van der Waals surface area contributed by atoms with Crippen LogP contribution >= 0.6 is 0 Å². The standard InChI is InChI=1S/C17H27FN2O/c1-10(2)21-14-8-13(12(19)7-11(14)18)20-9-15-16(3,4)17(15,5)6/h7-8,10,15,20H,9,19H2,1-6H3. The van der Waals surface area contributed by atoms with E-state index < -0.39 is 5.82 Å². The molecule has 118 valence electrons. The van der Waals surface area contributed by atoms with Crippen molar-refractivity contribution in [2.45, 2.75) is 47.6 Å². The molecule has 0 heterocycles. The fraction of sp³-hybridized carbons (Fsp3) is 0.647. The minimum atomic E-state index is -0.418. The predicted octanol–water partition coefficient (Wildman–Crippen LogP) is 4.29. The van der Waals surface area contributed by atoms with Crippen molar-refractivity contribution in [3.05, 3.63) is 17.9 Å². The minimum Gasteiger partial charge on any atom is -0.488 e. The molecule has 1 aromatic carbocycles. The third-order valence-electron chi connectivity index (χ3n) is 5.28. The molecule has 1 saturated carbocycles. The molecule has 1 fully saturated rings. The normalized spacial score (nSPS) is 19.6. The predicted molar refractivity (Wildman–Crippen MR) is 86.1 cm³/mol. The van der Waals surface area contributed by atoms with Crippen LogP contribution < -0.4 is 15.8 Å². The number of halogens is 1. The number of hydrogen-bond acceptors (Lipinski definition) is 3. The average molecular weight is 294 g/mol. The summed E-state index contributed by atoms with van der Waals surface area (Å²) in [5.74, 6) is 0.402. The van der Waals surface area contributed by atoms with Crippen molar-refractivity contribution in [1.82, 2.24) is 0 Å². The highest BCUT2D eigenvalue weighted by atomic mass is 19.1. The molecular weight excluding hydrogens is 267 g/mol. The van der Waals surface area contributed by atoms with Gasteiger partial charge in [-0.25, -0.2) is 4.39 Å². The lowest BCUT2D eigenvalue weighted by Crippen LogP contribution is -2.12. The SMILES string of the molecule is CC(C)Oc1cc(NCC2C(C)(C)C2(C)C)c(N)cc1F. The smallest absolute Gasteiger partial charge is 0.167 e. The Morgan fingerprint density at radius 2 is 1.81 bits per heavy atom. The van der Waals surface area contributed by atoms with Crippen LogP contribution in [0.4, 0.5) is 15.8 Å². The molecule has 0 spiro atoms. The van der Waals surface area contributed by atoms with E-state index in [1.165, 1.54) is 6.07 Å². The van der Waals surface area contributed by atoms with Crippen LogP contribution in [-0.2, 0) is 0 Å². The Morgan fingerprint density at radius 1 is 1.24 bits per heavy atom. The van der Waals surface area contributed by atoms with Gasteiger partial charge in [-0.1, -0.05) is 27.7 Å². The van der Waals surface area contributed by atoms with Crippen LogP contribution in [0.25, 0.3) is 0 Å². The van der Waals surface area contributed by atoms with Crippen molar-refractivity contribution in [2.24, 2.45) is 16.7 Å². The van der Waals surface area contributed by atoms with Gasteiger partial charge in [-0.05, 0) is 30.6 Å². The molecular formula is C17H27FN2O. The average Bonchev–Trinajstić information content (AvgIpc) is 2.71. The summed E-state index contributed by atoms with van der Waals surface area (Å²) in [6, 6.07) is 2.98. The van der Waals surface area contributed by atoms with E-state index in [9.17, 15) is 4.39 Å². The molecule has 1 aromatic rings. The first-order chi connectivity index (χ1) is 9.57. The van der Waals surface area contributed by atoms with Gasteiger partial charge in [0.05, 0.1) is 17.5 Å². The van der Waals surface area contributed by atoms with Crippen molar-refractivity contribution in [1.29, 1.82) is 0 Å². The highest BCUT2D eigenvalue weighted by molar-refractivity contribution is 5.68. The summed E-state index contributed by atoms with van der Waals surface area (Å²) < 4.78 is 19.3. The van der Waals surface area contributed by atoms with Gasteiger partial charge >= 0.3 is 0 Å². The molecule has 0 aromatic heterocycles. The van der Waals surface area contributed by atoms with Crippen LogP contribution in [-0.4, -0.2) is 12.6 Å². The number of benzene rings is 1. The summed E-state index contributed by atoms with van der Waals surface area (Å²) in [6.07, 6.45) is -0.0720. The molecule has 21 heavy (non-hydrogen) atoms. The summed E-state index contributed by atoms with van der Waals surface area (Å²) in [7, 11) is 0. The molecule has 0 radical (unpaired) electrons. The second-order valence-corrected chi connectivity index (χ2v) is 7.41. The van der Waals surface area contributed by atoms with Crippen LogP contribution in [0.1, 0.15) is 41.5 Å². The maximum atomic E-state index is 13.8. The van der Waals surface area contributed by atoms with Crippen LogP contribution in [0, 0.1) is 22.6 Å². The Hall–Kier alpha value is -1.45. The van der Waals surface area contributed by atoms with Gasteiger partial charge in [-0.2, -0.15) is 0 Å². The van der Waals surface area contributed by atoms with Gasteiger partial charge in [-0.15, -0.1) is 0 Å². The maximum absolute atomic E-state index is 13.8. The van der Waals surface area contributed by atoms with Crippen LogP contribution in [0.5, 0.6) is 5.75 Å². The topological polar surface area (TPSA) is 47.3 Å². The van der Waals surface area contributed by atoms with Gasteiger partial charge in [0.2, 0.25) is 0 Å². The van der Waals surface area contributed by atoms with Crippen molar-refractivity contribution >= 4 is 11.4 Å². The molecule has 0 bridgehead atoms. The molecule has 1 aliphatic rings. The zero-order valence-corrected chi connectivity index (χ0v) is 13.9. The zero-order chi connectivity index (χ0) is 16.0. The lowest BCUT2D eigenvalue weighted by molar-refractivity contribution is 0.231. The number of nitrogens with one attached hydrogen (secondary N) is 1. The molecule has 0 atom stereocenters. The first kappa shape index (κ1) is 15.9. The number of rotatable bonds is 5. The van der Waals surface area contributed by atoms with E-state index in [-0.39, 0.29) is 11.9 Å². The Labute approximate surface area is 127 Å². The second kappa shape index (κ2) is 5.08. The summed E-state index contributed by atoms with van der Waals surface area (Å²) in [6.45, 7) is 13.7. The molecule has 0 saturated heterocycles. The van der Waals surface area contributed by atoms with E-state index in [4.69, 9.17) is 10.5 Å². The molecule has 4 heteroatoms. The minimum absolute atomic E-state index is 0.0720. The van der Waals surface area contributed by atoms with Crippen molar-refractivity contribution < 1.29 is 9.13 Å². The quantitative estimate of drug-likeness (QED) is 0.796. The van der Waals surface area contributed by atoms with Gasteiger partial charge in [0.25, 0.3) is 0 Å². The van der Waals surface area contributed by atoms with E-state index in [1.54, 1.807) is 6.07 Å². The fourth-order valence-electron chi connectivity index (χ4n) is 3.12. The zero-order valence-electron chi connectivity index (χ0n) is 13.9. The van der Waals surface area contributed by atoms with Gasteiger partial charge < -0.3 is 15.8 Å². The van der Waals surface area contributed by atoms with E-state index in [0.717, 1.165) is 12.2 Å². The summed E-state index contributed by atoms with van der Waals surface area (Å²) in [4.78, 5) is 0. The number of nitrogens with two attached hydrogens (primary N) is 1. The third-order valence-corrected chi connectivity index (χ3v) is 5.28. The van der Waals surface area contributed by atoms with Crippen LogP contribution in [0.2, 0.25) is 0 Å². The summed E-state index contributed by atoms with van der Waals surface area (Å²) >= 11 is 0. The van der Waals surface area contributed by atoms with E-state index in [2.05, 4.69) is 33.0 Å². The molecule has 3 nitrogen and oxygen atoms in total. The van der Waals surface area contributed by atoms with Crippen molar-refractivity contribution in [2.75, 3.05) is 17.6 Å². The Morgan fingerprint density at radius 3 is 2.29 bits per heavy atom. The third kappa shape index (κ3) is 2.81. The first-order valence-electron chi connectivity index (χ1n) is 7.57. The van der Waals surface area contributed by atoms with Crippen molar-refractivity contribution in [3.63, 3.8) is 0 Å². The van der Waals surface area contributed by atoms with E-state index in [0.29, 0.717) is 22.4 Å². The molecule has 0 aliphatic heterocycles. The highest BCUT2D eigenvalue weighted by Gasteiger charge is 2.64. The second-order valence-electron chi connectivity index (χ2n) is 7.41. The monoisotopic (exact) mass is 294 g/mol. The first-order valence-corrected chi connectivity index (χ1v) is 7.57. The lowest BCUT2D eigenvalue weighted by atomic mass is 10.0. The molecule has 3 N–H and O–H groups in total. The summed E-state index contributed by atoms with van der Waals surface area (Å²) in [5, 5.41) is 3.36. The summed E-state index contributed by atoms with van der Waals surface area (Å²) in [5.41, 5.74) is 7.69. The van der Waals surface area contributed by atoms with Gasteiger partial charge in [-0.3, -0.25) is 0 Å². The van der Waals surface area contributed by atoms with E-state index >= 15 is 0 Å². The Kier molecular flexibility index (Phi) is 3.85. The van der Waals surface area contributed by atoms with Crippen LogP contribution in [0.3, 0.4) is 0 Å². The molecule has 0 unspecified atom stereocenters. The molecule has 1 aliphatic carbocycles. The fourth-order valence-corrected chi connectivity index (χ4v) is 3.12. The number of anilines is 2. The maximum Gasteiger partial charge on any atom is 0.167 e. The van der Waals surface area contributed by atoms with Gasteiger partial charge in [0.1, 0.15) is 0 Å². The number of ether oxygens (including phenoxy) is 1. The Balaban J connectivity index is 2.10. The van der Waals surface area contributed by atoms with Gasteiger partial charge in [0.15, 0.2) is 11.6 Å². The number of nitrogen functional groups attached to an aromatic ring is 1. The Bertz CT molecular complexity index is 524. The largest absolute Gasteiger partial charge is 0.488 e. The lowest BCUT2D eigenvalue weighted by Gasteiger charge is -2.15. The molecule has 2 rings (SSSR count). The number of hydrogen-bond donors (Lipinski definition) is 2. The van der Waals surface area contributed by atoms with Gasteiger partial charge in [0, 0.05) is 18.7 Å². The van der Waals surface area contributed by atoms with E-state index in [1.807, 2.05) is 13.8 Å². The highest BCUT2D eigenvalue weighted by Crippen LogP contribution is 2.68.